The van der Waals surface area contributed by atoms with E-state index in [9.17, 15) is 5.11 Å². The first-order valence-electron chi connectivity index (χ1n) is 6.74. The van der Waals surface area contributed by atoms with Gasteiger partial charge in [0, 0.05) is 19.1 Å². The van der Waals surface area contributed by atoms with Crippen LogP contribution in [-0.4, -0.2) is 48.5 Å². The quantitative estimate of drug-likeness (QED) is 0.693. The van der Waals surface area contributed by atoms with Crippen molar-refractivity contribution in [2.75, 3.05) is 26.3 Å². The van der Waals surface area contributed by atoms with Crippen LogP contribution >= 0.6 is 0 Å². The number of ether oxygens (including phenoxy) is 1. The molecule has 3 heteroatoms. The molecule has 0 aromatic carbocycles. The first kappa shape index (κ1) is 14.7. The van der Waals surface area contributed by atoms with Crippen molar-refractivity contribution in [3.63, 3.8) is 0 Å². The summed E-state index contributed by atoms with van der Waals surface area (Å²) in [6.07, 6.45) is 4.48. The van der Waals surface area contributed by atoms with Crippen LogP contribution in [0.15, 0.2) is 12.7 Å². The van der Waals surface area contributed by atoms with Crippen LogP contribution in [0.2, 0.25) is 0 Å². The van der Waals surface area contributed by atoms with Gasteiger partial charge in [0.05, 0.1) is 19.3 Å². The van der Waals surface area contributed by atoms with E-state index in [1.165, 1.54) is 0 Å². The number of hydrogen-bond acceptors (Lipinski definition) is 3. The minimum absolute atomic E-state index is 0.235. The lowest BCUT2D eigenvalue weighted by Gasteiger charge is -2.37. The molecule has 3 nitrogen and oxygen atoms in total. The highest BCUT2D eigenvalue weighted by Crippen LogP contribution is 2.16. The summed E-state index contributed by atoms with van der Waals surface area (Å²) < 4.78 is 5.54. The summed E-state index contributed by atoms with van der Waals surface area (Å²) in [7, 11) is 0. The van der Waals surface area contributed by atoms with Gasteiger partial charge in [0.25, 0.3) is 0 Å². The molecule has 0 saturated carbocycles. The SMILES string of the molecule is C=CCCC(O)CN1CCOCC1CC(C)C. The number of aliphatic hydroxyl groups excluding tert-OH is 1. The van der Waals surface area contributed by atoms with E-state index < -0.39 is 0 Å². The fraction of sp³-hybridized carbons (Fsp3) is 0.857. The average molecular weight is 241 g/mol. The largest absolute Gasteiger partial charge is 0.392 e. The molecule has 0 aromatic rings. The number of rotatable bonds is 7. The van der Waals surface area contributed by atoms with Gasteiger partial charge in [-0.05, 0) is 25.2 Å². The number of nitrogens with zero attached hydrogens (tertiary/aromatic N) is 1. The van der Waals surface area contributed by atoms with E-state index in [0.29, 0.717) is 12.0 Å². The van der Waals surface area contributed by atoms with Crippen molar-refractivity contribution in [1.29, 1.82) is 0 Å². The number of allylic oxidation sites excluding steroid dienone is 1. The Kier molecular flexibility index (Phi) is 6.78. The van der Waals surface area contributed by atoms with Crippen molar-refractivity contribution in [3.8, 4) is 0 Å². The van der Waals surface area contributed by atoms with E-state index in [0.717, 1.165) is 45.6 Å². The predicted molar refractivity (Wildman–Crippen MR) is 71.1 cm³/mol. The van der Waals surface area contributed by atoms with E-state index in [-0.39, 0.29) is 6.10 Å². The molecule has 17 heavy (non-hydrogen) atoms. The van der Waals surface area contributed by atoms with Gasteiger partial charge in [-0.1, -0.05) is 19.9 Å². The van der Waals surface area contributed by atoms with Crippen LogP contribution in [-0.2, 0) is 4.74 Å². The van der Waals surface area contributed by atoms with Gasteiger partial charge in [0.2, 0.25) is 0 Å². The Labute approximate surface area is 105 Å². The summed E-state index contributed by atoms with van der Waals surface area (Å²) in [6.45, 7) is 11.5. The normalized spacial score (nSPS) is 23.9. The molecule has 1 rings (SSSR count). The molecule has 0 aliphatic carbocycles. The van der Waals surface area contributed by atoms with Crippen molar-refractivity contribution < 1.29 is 9.84 Å². The molecule has 1 saturated heterocycles. The zero-order chi connectivity index (χ0) is 12.7. The number of hydrogen-bond donors (Lipinski definition) is 1. The van der Waals surface area contributed by atoms with Crippen molar-refractivity contribution >= 4 is 0 Å². The molecular formula is C14H27NO2. The van der Waals surface area contributed by atoms with Gasteiger partial charge in [0.1, 0.15) is 0 Å². The first-order valence-corrected chi connectivity index (χ1v) is 6.74. The van der Waals surface area contributed by atoms with Crippen molar-refractivity contribution in [2.24, 2.45) is 5.92 Å². The molecule has 1 fully saturated rings. The van der Waals surface area contributed by atoms with Crippen LogP contribution in [0, 0.1) is 5.92 Å². The maximum Gasteiger partial charge on any atom is 0.0670 e. The lowest BCUT2D eigenvalue weighted by molar-refractivity contribution is -0.0332. The van der Waals surface area contributed by atoms with E-state index in [1.54, 1.807) is 0 Å². The molecule has 2 unspecified atom stereocenters. The summed E-state index contributed by atoms with van der Waals surface area (Å²) in [4.78, 5) is 2.39. The van der Waals surface area contributed by atoms with Crippen molar-refractivity contribution in [1.82, 2.24) is 4.90 Å². The van der Waals surface area contributed by atoms with Gasteiger partial charge in [-0.3, -0.25) is 4.90 Å². The van der Waals surface area contributed by atoms with Gasteiger partial charge in [-0.25, -0.2) is 0 Å². The van der Waals surface area contributed by atoms with E-state index in [1.807, 2.05) is 6.08 Å². The molecular weight excluding hydrogens is 214 g/mol. The fourth-order valence-corrected chi connectivity index (χ4v) is 2.36. The lowest BCUT2D eigenvalue weighted by Crippen LogP contribution is -2.48. The van der Waals surface area contributed by atoms with Gasteiger partial charge in [-0.2, -0.15) is 0 Å². The monoisotopic (exact) mass is 241 g/mol. The van der Waals surface area contributed by atoms with E-state index in [2.05, 4.69) is 25.3 Å². The van der Waals surface area contributed by atoms with Crippen LogP contribution < -0.4 is 0 Å². The maximum atomic E-state index is 9.95. The Hall–Kier alpha value is -0.380. The molecule has 1 N–H and O–H groups in total. The molecule has 1 aliphatic rings. The van der Waals surface area contributed by atoms with Crippen LogP contribution in [0.1, 0.15) is 33.1 Å². The van der Waals surface area contributed by atoms with Crippen LogP contribution in [0.5, 0.6) is 0 Å². The van der Waals surface area contributed by atoms with Gasteiger partial charge in [0.15, 0.2) is 0 Å². The molecule has 0 bridgehead atoms. The second-order valence-corrected chi connectivity index (χ2v) is 5.37. The highest BCUT2D eigenvalue weighted by Gasteiger charge is 2.25. The highest BCUT2D eigenvalue weighted by atomic mass is 16.5. The molecule has 2 atom stereocenters. The van der Waals surface area contributed by atoms with Crippen molar-refractivity contribution in [2.45, 2.75) is 45.3 Å². The molecule has 0 radical (unpaired) electrons. The summed E-state index contributed by atoms with van der Waals surface area (Å²) in [6, 6.07) is 0.474. The topological polar surface area (TPSA) is 32.7 Å². The summed E-state index contributed by atoms with van der Waals surface area (Å²) >= 11 is 0. The summed E-state index contributed by atoms with van der Waals surface area (Å²) in [5, 5.41) is 9.95. The molecule has 1 aliphatic heterocycles. The van der Waals surface area contributed by atoms with Crippen molar-refractivity contribution in [3.05, 3.63) is 12.7 Å². The minimum Gasteiger partial charge on any atom is -0.392 e. The van der Waals surface area contributed by atoms with Gasteiger partial charge in [-0.15, -0.1) is 6.58 Å². The Morgan fingerprint density at radius 2 is 2.29 bits per heavy atom. The molecule has 0 amide bonds. The number of morpholine rings is 1. The number of β-amino-alcohol motifs (C(OH)–C–C–N with tert-alkyl or cyclic N) is 1. The van der Waals surface area contributed by atoms with Crippen LogP contribution in [0.3, 0.4) is 0 Å². The Balaban J connectivity index is 2.38. The van der Waals surface area contributed by atoms with Gasteiger partial charge >= 0.3 is 0 Å². The lowest BCUT2D eigenvalue weighted by atomic mass is 10.0. The maximum absolute atomic E-state index is 9.95. The zero-order valence-corrected chi connectivity index (χ0v) is 11.3. The number of aliphatic hydroxyl groups is 1. The first-order chi connectivity index (χ1) is 8.13. The summed E-state index contributed by atoms with van der Waals surface area (Å²) in [5.41, 5.74) is 0. The third-order valence-electron chi connectivity index (χ3n) is 3.24. The van der Waals surface area contributed by atoms with Crippen LogP contribution in [0.4, 0.5) is 0 Å². The van der Waals surface area contributed by atoms with E-state index in [4.69, 9.17) is 4.74 Å². The van der Waals surface area contributed by atoms with Crippen LogP contribution in [0.25, 0.3) is 0 Å². The summed E-state index contributed by atoms with van der Waals surface area (Å²) in [5.74, 6) is 0.675. The predicted octanol–water partition coefficient (Wildman–Crippen LogP) is 2.06. The average Bonchev–Trinajstić information content (AvgIpc) is 2.28. The third-order valence-corrected chi connectivity index (χ3v) is 3.24. The Bertz CT molecular complexity index is 218. The zero-order valence-electron chi connectivity index (χ0n) is 11.3. The molecule has 100 valence electrons. The standard InChI is InChI=1S/C14H27NO2/c1-4-5-6-14(16)10-15-7-8-17-11-13(15)9-12(2)3/h4,12-14,16H,1,5-11H2,2-3H3. The fourth-order valence-electron chi connectivity index (χ4n) is 2.36. The van der Waals surface area contributed by atoms with E-state index >= 15 is 0 Å². The molecule has 0 spiro atoms. The van der Waals surface area contributed by atoms with Gasteiger partial charge < -0.3 is 9.84 Å². The Morgan fingerprint density at radius 1 is 1.53 bits per heavy atom. The molecule has 1 heterocycles. The highest BCUT2D eigenvalue weighted by molar-refractivity contribution is 4.79. The second kappa shape index (κ2) is 7.85. The Morgan fingerprint density at radius 3 is 2.94 bits per heavy atom. The molecule has 0 aromatic heterocycles. The third kappa shape index (κ3) is 5.66. The second-order valence-electron chi connectivity index (χ2n) is 5.37. The smallest absolute Gasteiger partial charge is 0.0670 e. The minimum atomic E-state index is -0.235.